The molecule has 1 N–H and O–H groups in total. The molecule has 5 heteroatoms. The van der Waals surface area contributed by atoms with E-state index < -0.39 is 6.10 Å². The Labute approximate surface area is 167 Å². The summed E-state index contributed by atoms with van der Waals surface area (Å²) in [5.41, 5.74) is 4.65. The zero-order chi connectivity index (χ0) is 20.1. The number of aryl methyl sites for hydroxylation is 1. The number of benzene rings is 2. The lowest BCUT2D eigenvalue weighted by Gasteiger charge is -2.37. The lowest BCUT2D eigenvalue weighted by atomic mass is 10.1. The molecular formula is C23H30N2O3. The second-order valence-electron chi connectivity index (χ2n) is 7.55. The number of anilines is 1. The molecule has 0 spiro atoms. The van der Waals surface area contributed by atoms with Crippen LogP contribution in [0.2, 0.25) is 0 Å². The maximum absolute atomic E-state index is 11.3. The van der Waals surface area contributed by atoms with Gasteiger partial charge in [-0.1, -0.05) is 12.1 Å². The zero-order valence-electron chi connectivity index (χ0n) is 17.0. The lowest BCUT2D eigenvalue weighted by Crippen LogP contribution is -2.49. The summed E-state index contributed by atoms with van der Waals surface area (Å²) in [6.45, 7) is 10.5. The number of β-amino-alcohol motifs (C(OH)–C–C–N with tert-alkyl or cyclic N) is 1. The van der Waals surface area contributed by atoms with E-state index in [-0.39, 0.29) is 12.4 Å². The van der Waals surface area contributed by atoms with Crippen molar-refractivity contribution in [3.8, 4) is 5.75 Å². The van der Waals surface area contributed by atoms with Gasteiger partial charge in [-0.2, -0.15) is 0 Å². The van der Waals surface area contributed by atoms with E-state index in [0.717, 1.165) is 26.2 Å². The minimum absolute atomic E-state index is 0.0339. The van der Waals surface area contributed by atoms with Crippen LogP contribution < -0.4 is 9.64 Å². The molecule has 150 valence electrons. The van der Waals surface area contributed by atoms with Crippen molar-refractivity contribution in [2.75, 3.05) is 44.2 Å². The van der Waals surface area contributed by atoms with Crippen molar-refractivity contribution in [3.05, 3.63) is 59.2 Å². The summed E-state index contributed by atoms with van der Waals surface area (Å²) in [5.74, 6) is 0.704. The first-order valence-electron chi connectivity index (χ1n) is 9.89. The number of nitrogens with zero attached hydrogens (tertiary/aromatic N) is 2. The molecule has 1 saturated heterocycles. The summed E-state index contributed by atoms with van der Waals surface area (Å²) < 4.78 is 5.67. The van der Waals surface area contributed by atoms with Gasteiger partial charge < -0.3 is 14.7 Å². The summed E-state index contributed by atoms with van der Waals surface area (Å²) >= 11 is 0. The third kappa shape index (κ3) is 5.12. The van der Waals surface area contributed by atoms with Gasteiger partial charge in [-0.25, -0.2) is 0 Å². The molecule has 1 aliphatic rings. The average Bonchev–Trinajstić information content (AvgIpc) is 2.69. The van der Waals surface area contributed by atoms with Crippen molar-refractivity contribution >= 4 is 11.5 Å². The average molecular weight is 383 g/mol. The molecule has 1 atom stereocenters. The number of ether oxygens (including phenoxy) is 1. The van der Waals surface area contributed by atoms with E-state index in [1.807, 2.05) is 0 Å². The molecule has 0 amide bonds. The van der Waals surface area contributed by atoms with Crippen LogP contribution in [0.25, 0.3) is 0 Å². The van der Waals surface area contributed by atoms with Crippen LogP contribution in [0.15, 0.2) is 42.5 Å². The molecule has 2 aromatic rings. The largest absolute Gasteiger partial charge is 0.491 e. The molecule has 0 radical (unpaired) electrons. The number of ketones is 1. The number of carbonyl (C=O) groups excluding carboxylic acids is 1. The predicted molar refractivity (Wildman–Crippen MR) is 113 cm³/mol. The van der Waals surface area contributed by atoms with Crippen LogP contribution in [-0.4, -0.2) is 61.2 Å². The molecule has 1 fully saturated rings. The van der Waals surface area contributed by atoms with Crippen molar-refractivity contribution < 1.29 is 14.6 Å². The Balaban J connectivity index is 1.44. The molecule has 5 nitrogen and oxygen atoms in total. The normalized spacial score (nSPS) is 16.1. The van der Waals surface area contributed by atoms with Gasteiger partial charge in [0.05, 0.1) is 0 Å². The Morgan fingerprint density at radius 2 is 1.75 bits per heavy atom. The van der Waals surface area contributed by atoms with Crippen molar-refractivity contribution in [1.82, 2.24) is 4.90 Å². The van der Waals surface area contributed by atoms with Gasteiger partial charge in [0.1, 0.15) is 18.5 Å². The molecule has 1 heterocycles. The van der Waals surface area contributed by atoms with Crippen molar-refractivity contribution in [2.45, 2.75) is 26.9 Å². The second kappa shape index (κ2) is 9.22. The number of hydrogen-bond acceptors (Lipinski definition) is 5. The maximum atomic E-state index is 11.3. The molecule has 2 aromatic carbocycles. The molecule has 3 rings (SSSR count). The van der Waals surface area contributed by atoms with Gasteiger partial charge >= 0.3 is 0 Å². The molecule has 0 bridgehead atoms. The van der Waals surface area contributed by atoms with Gasteiger partial charge in [0, 0.05) is 44.0 Å². The van der Waals surface area contributed by atoms with Crippen LogP contribution >= 0.6 is 0 Å². The zero-order valence-corrected chi connectivity index (χ0v) is 17.0. The number of piperazine rings is 1. The van der Waals surface area contributed by atoms with Crippen LogP contribution in [-0.2, 0) is 0 Å². The molecule has 0 unspecified atom stereocenters. The number of rotatable bonds is 7. The first-order chi connectivity index (χ1) is 13.4. The van der Waals surface area contributed by atoms with Gasteiger partial charge in [-0.3, -0.25) is 9.69 Å². The van der Waals surface area contributed by atoms with Crippen LogP contribution in [0.3, 0.4) is 0 Å². The Kier molecular flexibility index (Phi) is 6.70. The minimum atomic E-state index is -0.542. The summed E-state index contributed by atoms with van der Waals surface area (Å²) in [6, 6.07) is 13.5. The topological polar surface area (TPSA) is 53.0 Å². The fourth-order valence-electron chi connectivity index (χ4n) is 3.58. The van der Waals surface area contributed by atoms with Crippen LogP contribution in [0.4, 0.5) is 5.69 Å². The van der Waals surface area contributed by atoms with Gasteiger partial charge in [0.2, 0.25) is 0 Å². The first-order valence-corrected chi connectivity index (χ1v) is 9.89. The Bertz CT molecular complexity index is 796. The van der Waals surface area contributed by atoms with Crippen LogP contribution in [0.1, 0.15) is 28.4 Å². The van der Waals surface area contributed by atoms with Gasteiger partial charge in [-0.15, -0.1) is 0 Å². The predicted octanol–water partition coefficient (Wildman–Crippen LogP) is 3.07. The summed E-state index contributed by atoms with van der Waals surface area (Å²) in [4.78, 5) is 16.0. The molecule has 0 saturated carbocycles. The van der Waals surface area contributed by atoms with E-state index >= 15 is 0 Å². The highest BCUT2D eigenvalue weighted by Crippen LogP contribution is 2.24. The second-order valence-corrected chi connectivity index (χ2v) is 7.55. The number of carbonyl (C=O) groups is 1. The fraction of sp³-hybridized carbons (Fsp3) is 0.435. The molecule has 0 aliphatic carbocycles. The molecule has 1 aliphatic heterocycles. The highest BCUT2D eigenvalue weighted by atomic mass is 16.5. The highest BCUT2D eigenvalue weighted by Gasteiger charge is 2.21. The van der Waals surface area contributed by atoms with Crippen molar-refractivity contribution in [3.63, 3.8) is 0 Å². The van der Waals surface area contributed by atoms with E-state index in [1.165, 1.54) is 16.8 Å². The standard InChI is InChI=1S/C23H30N2O3/c1-17-5-4-6-23(18(17)2)25-13-11-24(12-14-25)15-21(27)16-28-22-9-7-20(8-10-22)19(3)26/h4-10,21,27H,11-16H2,1-3H3/t21-/m0/s1. The van der Waals surface area contributed by atoms with E-state index in [4.69, 9.17) is 4.74 Å². The first kappa shape index (κ1) is 20.4. The number of hydrogen-bond donors (Lipinski definition) is 1. The molecular weight excluding hydrogens is 352 g/mol. The fourth-order valence-corrected chi connectivity index (χ4v) is 3.58. The Morgan fingerprint density at radius 1 is 1.07 bits per heavy atom. The van der Waals surface area contributed by atoms with E-state index in [0.29, 0.717) is 17.9 Å². The van der Waals surface area contributed by atoms with Gasteiger partial charge in [0.15, 0.2) is 5.78 Å². The smallest absolute Gasteiger partial charge is 0.159 e. The van der Waals surface area contributed by atoms with E-state index in [1.54, 1.807) is 31.2 Å². The Morgan fingerprint density at radius 3 is 2.39 bits per heavy atom. The Hall–Kier alpha value is -2.37. The lowest BCUT2D eigenvalue weighted by molar-refractivity contribution is 0.0663. The number of aliphatic hydroxyl groups is 1. The van der Waals surface area contributed by atoms with Crippen LogP contribution in [0.5, 0.6) is 5.75 Å². The quantitative estimate of drug-likeness (QED) is 0.746. The SMILES string of the molecule is CC(=O)c1ccc(OC[C@@H](O)CN2CCN(c3cccc(C)c3C)CC2)cc1. The molecule has 28 heavy (non-hydrogen) atoms. The summed E-state index contributed by atoms with van der Waals surface area (Å²) in [5, 5.41) is 10.3. The maximum Gasteiger partial charge on any atom is 0.159 e. The van der Waals surface area contributed by atoms with Crippen LogP contribution in [0, 0.1) is 13.8 Å². The van der Waals surface area contributed by atoms with E-state index in [9.17, 15) is 9.90 Å². The molecule has 0 aromatic heterocycles. The highest BCUT2D eigenvalue weighted by molar-refractivity contribution is 5.94. The summed E-state index contributed by atoms with van der Waals surface area (Å²) in [6.07, 6.45) is -0.542. The van der Waals surface area contributed by atoms with Gasteiger partial charge in [0.25, 0.3) is 0 Å². The minimum Gasteiger partial charge on any atom is -0.491 e. The van der Waals surface area contributed by atoms with Gasteiger partial charge in [-0.05, 0) is 62.2 Å². The van der Waals surface area contributed by atoms with Crippen molar-refractivity contribution in [1.29, 1.82) is 0 Å². The van der Waals surface area contributed by atoms with Crippen molar-refractivity contribution in [2.24, 2.45) is 0 Å². The third-order valence-corrected chi connectivity index (χ3v) is 5.46. The monoisotopic (exact) mass is 382 g/mol. The summed E-state index contributed by atoms with van der Waals surface area (Å²) in [7, 11) is 0. The number of Topliss-reactive ketones (excluding diaryl/α,β-unsaturated/α-hetero) is 1. The third-order valence-electron chi connectivity index (χ3n) is 5.46. The van der Waals surface area contributed by atoms with E-state index in [2.05, 4.69) is 41.8 Å². The number of aliphatic hydroxyl groups excluding tert-OH is 1.